The van der Waals surface area contributed by atoms with Gasteiger partial charge in [-0.25, -0.2) is 0 Å². The second-order valence-electron chi connectivity index (χ2n) is 4.01. The van der Waals surface area contributed by atoms with Gasteiger partial charge in [0.15, 0.2) is 5.75 Å². The average Bonchev–Trinajstić information content (AvgIpc) is 2.45. The third-order valence-corrected chi connectivity index (χ3v) is 2.59. The number of benzene rings is 2. The smallest absolute Gasteiger partial charge is 0.416 e. The zero-order valence-corrected chi connectivity index (χ0v) is 10.2. The van der Waals surface area contributed by atoms with E-state index in [4.69, 9.17) is 4.74 Å². The molecule has 2 rings (SSSR count). The van der Waals surface area contributed by atoms with Gasteiger partial charge in [0.05, 0.1) is 5.56 Å². The zero-order chi connectivity index (χ0) is 14.6. The van der Waals surface area contributed by atoms with Crippen LogP contribution in [-0.4, -0.2) is 0 Å². The molecule has 0 aliphatic carbocycles. The van der Waals surface area contributed by atoms with E-state index in [0.29, 0.717) is 6.07 Å². The minimum atomic E-state index is -4.53. The predicted molar refractivity (Wildman–Crippen MR) is 64.0 cm³/mol. The fourth-order valence-electron chi connectivity index (χ4n) is 1.60. The van der Waals surface area contributed by atoms with Gasteiger partial charge in [0.25, 0.3) is 0 Å². The van der Waals surface area contributed by atoms with Crippen LogP contribution in [0, 0.1) is 0 Å². The molecule has 0 saturated heterocycles. The van der Waals surface area contributed by atoms with Crippen molar-refractivity contribution in [1.82, 2.24) is 0 Å². The summed E-state index contributed by atoms with van der Waals surface area (Å²) in [5.74, 6) is -0.694. The van der Waals surface area contributed by atoms with Gasteiger partial charge in [-0.1, -0.05) is 30.3 Å². The summed E-state index contributed by atoms with van der Waals surface area (Å²) in [6.45, 7) is 0.0124. The molecule has 6 heteroatoms. The van der Waals surface area contributed by atoms with E-state index in [1.807, 2.05) is 0 Å². The summed E-state index contributed by atoms with van der Waals surface area (Å²) in [5.41, 5.74) is -0.184. The van der Waals surface area contributed by atoms with E-state index in [1.165, 1.54) is 0 Å². The van der Waals surface area contributed by atoms with Gasteiger partial charge >= 0.3 is 6.18 Å². The Morgan fingerprint density at radius 3 is 2.20 bits per heavy atom. The summed E-state index contributed by atoms with van der Waals surface area (Å²) in [4.78, 5) is 3.51. The van der Waals surface area contributed by atoms with Crippen LogP contribution < -0.4 is 9.68 Å². The van der Waals surface area contributed by atoms with Crippen molar-refractivity contribution in [3.63, 3.8) is 0 Å². The quantitative estimate of drug-likeness (QED) is 0.768. The minimum Gasteiger partial charge on any atom is -0.485 e. The zero-order valence-electron chi connectivity index (χ0n) is 10.2. The van der Waals surface area contributed by atoms with Gasteiger partial charge in [0, 0.05) is 4.53 Å². The maximum atomic E-state index is 12.6. The van der Waals surface area contributed by atoms with Gasteiger partial charge in [-0.05, 0) is 23.8 Å². The van der Waals surface area contributed by atoms with Gasteiger partial charge < -0.3 is 4.74 Å². The highest BCUT2D eigenvalue weighted by Crippen LogP contribution is 2.36. The van der Waals surface area contributed by atoms with Crippen LogP contribution in [0.2, 0.25) is 0 Å². The van der Waals surface area contributed by atoms with Gasteiger partial charge in [0.2, 0.25) is 5.75 Å². The van der Waals surface area contributed by atoms with Crippen molar-refractivity contribution in [1.29, 1.82) is 0 Å². The fraction of sp³-hybridized carbons (Fsp3) is 0.143. The van der Waals surface area contributed by atoms with Gasteiger partial charge in [-0.2, -0.15) is 13.2 Å². The van der Waals surface area contributed by atoms with Gasteiger partial charge in [-0.15, -0.1) is 0 Å². The topological polar surface area (TPSA) is 18.5 Å². The van der Waals surface area contributed by atoms with E-state index in [-0.39, 0.29) is 12.4 Å². The highest BCUT2D eigenvalue weighted by Gasteiger charge is 2.31. The lowest BCUT2D eigenvalue weighted by Gasteiger charge is -2.12. The third-order valence-electron chi connectivity index (χ3n) is 2.59. The van der Waals surface area contributed by atoms with Crippen LogP contribution >= 0.6 is 0 Å². The molecule has 0 aliphatic rings. The minimum absolute atomic E-state index is 0.0124. The molecular weight excluding hydrogens is 276 g/mol. The highest BCUT2D eigenvalue weighted by molar-refractivity contribution is 5.43. The Balaban J connectivity index is 2.21. The molecule has 2 aromatic rings. The van der Waals surface area contributed by atoms with E-state index in [2.05, 4.69) is 4.94 Å². The Bertz CT molecular complexity index is 567. The van der Waals surface area contributed by atoms with Crippen LogP contribution in [0.3, 0.4) is 0 Å². The van der Waals surface area contributed by atoms with E-state index >= 15 is 0 Å². The van der Waals surface area contributed by atoms with Crippen LogP contribution in [0.5, 0.6) is 11.5 Å². The maximum Gasteiger partial charge on any atom is 0.416 e. The summed E-state index contributed by atoms with van der Waals surface area (Å²) in [7, 11) is 0. The number of halogens is 4. The lowest BCUT2D eigenvalue weighted by Crippen LogP contribution is -2.06. The highest BCUT2D eigenvalue weighted by atomic mass is 19.4. The maximum absolute atomic E-state index is 12.6. The Morgan fingerprint density at radius 1 is 0.900 bits per heavy atom. The molecule has 0 aliphatic heterocycles. The Morgan fingerprint density at radius 2 is 1.60 bits per heavy atom. The average molecular weight is 286 g/mol. The molecule has 2 nitrogen and oxygen atoms in total. The van der Waals surface area contributed by atoms with Crippen molar-refractivity contribution in [3.05, 3.63) is 59.7 Å². The lowest BCUT2D eigenvalue weighted by atomic mass is 10.2. The van der Waals surface area contributed by atoms with Crippen molar-refractivity contribution >= 4 is 0 Å². The van der Waals surface area contributed by atoms with Crippen LogP contribution in [0.1, 0.15) is 11.1 Å². The molecule has 0 aromatic heterocycles. The first-order valence-electron chi connectivity index (χ1n) is 5.67. The van der Waals surface area contributed by atoms with E-state index < -0.39 is 17.5 Å². The Labute approximate surface area is 112 Å². The molecule has 20 heavy (non-hydrogen) atoms. The summed E-state index contributed by atoms with van der Waals surface area (Å²) in [6, 6.07) is 11.1. The van der Waals surface area contributed by atoms with Crippen molar-refractivity contribution in [2.45, 2.75) is 12.8 Å². The van der Waals surface area contributed by atoms with Crippen molar-refractivity contribution in [2.24, 2.45) is 0 Å². The molecule has 0 bridgehead atoms. The first kappa shape index (κ1) is 14.2. The summed E-state index contributed by atoms with van der Waals surface area (Å²) in [5, 5.41) is 0. The number of hydrogen-bond acceptors (Lipinski definition) is 2. The first-order valence-corrected chi connectivity index (χ1v) is 5.67. The van der Waals surface area contributed by atoms with E-state index in [1.54, 1.807) is 30.3 Å². The van der Waals surface area contributed by atoms with Crippen LogP contribution in [0.25, 0.3) is 0 Å². The third kappa shape index (κ3) is 3.40. The molecule has 0 saturated carbocycles. The van der Waals surface area contributed by atoms with E-state index in [0.717, 1.165) is 17.7 Å². The van der Waals surface area contributed by atoms with Crippen molar-refractivity contribution in [2.75, 3.05) is 0 Å². The van der Waals surface area contributed by atoms with E-state index in [9.17, 15) is 17.7 Å². The molecular formula is C14H10F4O2. The monoisotopic (exact) mass is 286 g/mol. The lowest BCUT2D eigenvalue weighted by molar-refractivity contribution is -0.137. The van der Waals surface area contributed by atoms with Gasteiger partial charge in [-0.3, -0.25) is 4.94 Å². The van der Waals surface area contributed by atoms with Crippen molar-refractivity contribution < 1.29 is 27.4 Å². The summed E-state index contributed by atoms with van der Waals surface area (Å²) < 4.78 is 55.2. The fourth-order valence-corrected chi connectivity index (χ4v) is 1.60. The molecule has 0 N–H and O–H groups in total. The second kappa shape index (κ2) is 5.81. The molecule has 0 fully saturated rings. The number of rotatable bonds is 4. The number of ether oxygens (including phenoxy) is 1. The van der Waals surface area contributed by atoms with Crippen LogP contribution in [-0.2, 0) is 12.8 Å². The molecule has 0 unspecified atom stereocenters. The molecule has 2 aromatic carbocycles. The standard InChI is InChI=1S/C14H10F4O2/c15-14(16,17)11-6-7-12(20-18)13(8-11)19-9-10-4-2-1-3-5-10/h1-8H,9H2. The SMILES string of the molecule is FOc1ccc(C(F)(F)F)cc1OCc1ccccc1. The normalized spacial score (nSPS) is 11.2. The summed E-state index contributed by atoms with van der Waals surface area (Å²) >= 11 is 0. The second-order valence-corrected chi connectivity index (χ2v) is 4.01. The Hall–Kier alpha value is -2.24. The molecule has 0 atom stereocenters. The molecule has 0 spiro atoms. The van der Waals surface area contributed by atoms with Crippen LogP contribution in [0.15, 0.2) is 48.5 Å². The molecule has 106 valence electrons. The predicted octanol–water partition coefficient (Wildman–Crippen LogP) is 4.55. The Kier molecular flexibility index (Phi) is 4.12. The molecule has 0 heterocycles. The summed E-state index contributed by atoms with van der Waals surface area (Å²) in [6.07, 6.45) is -4.53. The first-order chi connectivity index (χ1) is 9.50. The largest absolute Gasteiger partial charge is 0.485 e. The number of hydrogen-bond donors (Lipinski definition) is 0. The van der Waals surface area contributed by atoms with Gasteiger partial charge in [0.1, 0.15) is 6.61 Å². The molecule has 0 radical (unpaired) electrons. The molecule has 0 amide bonds. The number of alkyl halides is 3. The van der Waals surface area contributed by atoms with Crippen LogP contribution in [0.4, 0.5) is 17.7 Å². The van der Waals surface area contributed by atoms with Crippen molar-refractivity contribution in [3.8, 4) is 11.5 Å².